The number of rotatable bonds is 7. The van der Waals surface area contributed by atoms with E-state index in [0.717, 1.165) is 19.3 Å². The lowest BCUT2D eigenvalue weighted by Crippen LogP contribution is -2.44. The summed E-state index contributed by atoms with van der Waals surface area (Å²) in [5, 5.41) is 12.0. The summed E-state index contributed by atoms with van der Waals surface area (Å²) in [5.74, 6) is -1.56. The van der Waals surface area contributed by atoms with E-state index in [1.54, 1.807) is 6.92 Å². The third-order valence-electron chi connectivity index (χ3n) is 3.75. The molecule has 0 saturated heterocycles. The van der Waals surface area contributed by atoms with Crippen LogP contribution in [-0.2, 0) is 19.1 Å². The first kappa shape index (κ1) is 16.5. The Bertz CT molecular complexity index is 361. The molecular weight excluding hydrogens is 262 g/mol. The number of hydrogen-bond donors (Lipinski definition) is 2. The van der Waals surface area contributed by atoms with Crippen molar-refractivity contribution in [2.45, 2.75) is 51.9 Å². The van der Waals surface area contributed by atoms with Crippen LogP contribution in [0.1, 0.15) is 51.9 Å². The Kier molecular flexibility index (Phi) is 6.48. The summed E-state index contributed by atoms with van der Waals surface area (Å²) in [6, 6.07) is 0. The van der Waals surface area contributed by atoms with Crippen molar-refractivity contribution in [3.8, 4) is 0 Å². The molecule has 1 saturated carbocycles. The predicted molar refractivity (Wildman–Crippen MR) is 72.0 cm³/mol. The highest BCUT2D eigenvalue weighted by molar-refractivity contribution is 5.82. The van der Waals surface area contributed by atoms with Gasteiger partial charge in [0.2, 0.25) is 5.91 Å². The van der Waals surface area contributed by atoms with E-state index < -0.39 is 17.4 Å². The fourth-order valence-electron chi connectivity index (χ4n) is 2.50. The summed E-state index contributed by atoms with van der Waals surface area (Å²) in [4.78, 5) is 34.2. The summed E-state index contributed by atoms with van der Waals surface area (Å²) in [5.41, 5.74) is -0.835. The van der Waals surface area contributed by atoms with Crippen molar-refractivity contribution in [3.05, 3.63) is 0 Å². The Morgan fingerprint density at radius 2 is 1.80 bits per heavy atom. The molecule has 0 atom stereocenters. The van der Waals surface area contributed by atoms with Crippen LogP contribution in [-0.4, -0.2) is 36.1 Å². The molecular formula is C14H23NO5. The molecule has 6 nitrogen and oxygen atoms in total. The highest BCUT2D eigenvalue weighted by Gasteiger charge is 2.39. The monoisotopic (exact) mass is 285 g/mol. The Hall–Kier alpha value is -1.59. The van der Waals surface area contributed by atoms with Crippen molar-refractivity contribution >= 4 is 17.8 Å². The molecule has 114 valence electrons. The van der Waals surface area contributed by atoms with Crippen LogP contribution in [0.5, 0.6) is 0 Å². The van der Waals surface area contributed by atoms with E-state index in [9.17, 15) is 19.5 Å². The van der Waals surface area contributed by atoms with Gasteiger partial charge in [0.15, 0.2) is 0 Å². The second-order valence-electron chi connectivity index (χ2n) is 5.23. The molecule has 0 radical (unpaired) electrons. The standard InChI is InChI=1S/C14H23NO5/c1-2-20-12(17)7-6-11(16)15-10-14(13(18)19)8-4-3-5-9-14/h2-10H2,1H3,(H,15,16)(H,18,19). The molecule has 1 amide bonds. The molecule has 0 aliphatic heterocycles. The highest BCUT2D eigenvalue weighted by Crippen LogP contribution is 2.35. The average molecular weight is 285 g/mol. The Morgan fingerprint density at radius 1 is 1.15 bits per heavy atom. The van der Waals surface area contributed by atoms with Crippen molar-refractivity contribution < 1.29 is 24.2 Å². The normalized spacial score (nSPS) is 17.2. The van der Waals surface area contributed by atoms with Crippen LogP contribution < -0.4 is 5.32 Å². The summed E-state index contributed by atoms with van der Waals surface area (Å²) in [7, 11) is 0. The number of hydrogen-bond acceptors (Lipinski definition) is 4. The molecule has 0 aromatic rings. The van der Waals surface area contributed by atoms with Gasteiger partial charge in [0.1, 0.15) is 0 Å². The number of carboxylic acids is 1. The molecule has 0 bridgehead atoms. The van der Waals surface area contributed by atoms with E-state index in [1.807, 2.05) is 0 Å². The molecule has 0 aromatic carbocycles. The van der Waals surface area contributed by atoms with E-state index in [1.165, 1.54) is 0 Å². The van der Waals surface area contributed by atoms with Crippen molar-refractivity contribution in [1.82, 2.24) is 5.32 Å². The van der Waals surface area contributed by atoms with E-state index in [4.69, 9.17) is 4.74 Å². The zero-order valence-corrected chi connectivity index (χ0v) is 11.9. The fourth-order valence-corrected chi connectivity index (χ4v) is 2.50. The molecule has 2 N–H and O–H groups in total. The summed E-state index contributed by atoms with van der Waals surface area (Å²) in [6.07, 6.45) is 4.07. The van der Waals surface area contributed by atoms with E-state index in [2.05, 4.69) is 5.32 Å². The largest absolute Gasteiger partial charge is 0.481 e. The smallest absolute Gasteiger partial charge is 0.311 e. The lowest BCUT2D eigenvalue weighted by Gasteiger charge is -2.33. The Labute approximate surface area is 118 Å². The molecule has 1 aliphatic rings. The molecule has 1 rings (SSSR count). The topological polar surface area (TPSA) is 92.7 Å². The Morgan fingerprint density at radius 3 is 2.35 bits per heavy atom. The van der Waals surface area contributed by atoms with Gasteiger partial charge in [-0.05, 0) is 19.8 Å². The highest BCUT2D eigenvalue weighted by atomic mass is 16.5. The van der Waals surface area contributed by atoms with Crippen molar-refractivity contribution in [2.75, 3.05) is 13.2 Å². The van der Waals surface area contributed by atoms with Crippen molar-refractivity contribution in [1.29, 1.82) is 0 Å². The van der Waals surface area contributed by atoms with Gasteiger partial charge in [0.05, 0.1) is 18.4 Å². The van der Waals surface area contributed by atoms with Crippen molar-refractivity contribution in [2.24, 2.45) is 5.41 Å². The van der Waals surface area contributed by atoms with Gasteiger partial charge in [-0.25, -0.2) is 0 Å². The lowest BCUT2D eigenvalue weighted by molar-refractivity contribution is -0.151. The first-order valence-electron chi connectivity index (χ1n) is 7.16. The summed E-state index contributed by atoms with van der Waals surface area (Å²) < 4.78 is 4.73. The molecule has 1 fully saturated rings. The van der Waals surface area contributed by atoms with Gasteiger partial charge in [0, 0.05) is 13.0 Å². The van der Waals surface area contributed by atoms with Crippen molar-refractivity contribution in [3.63, 3.8) is 0 Å². The van der Waals surface area contributed by atoms with Gasteiger partial charge in [-0.3, -0.25) is 14.4 Å². The van der Waals surface area contributed by atoms with Crippen LogP contribution in [0.4, 0.5) is 0 Å². The maximum Gasteiger partial charge on any atom is 0.311 e. The first-order chi connectivity index (χ1) is 9.50. The molecule has 0 unspecified atom stereocenters. The predicted octanol–water partition coefficient (Wildman–Crippen LogP) is 1.48. The van der Waals surface area contributed by atoms with Gasteiger partial charge in [-0.1, -0.05) is 19.3 Å². The zero-order chi connectivity index (χ0) is 15.0. The minimum atomic E-state index is -0.845. The number of ether oxygens (including phenoxy) is 1. The molecule has 20 heavy (non-hydrogen) atoms. The van der Waals surface area contributed by atoms with Gasteiger partial charge in [0.25, 0.3) is 0 Å². The second kappa shape index (κ2) is 7.87. The number of carbonyl (C=O) groups excluding carboxylic acids is 2. The lowest BCUT2D eigenvalue weighted by atomic mass is 9.74. The number of carbonyl (C=O) groups is 3. The van der Waals surface area contributed by atoms with Crippen LogP contribution in [0.25, 0.3) is 0 Å². The fraction of sp³-hybridized carbons (Fsp3) is 0.786. The van der Waals surface area contributed by atoms with Crippen LogP contribution in [0.3, 0.4) is 0 Å². The summed E-state index contributed by atoms with van der Waals surface area (Å²) >= 11 is 0. The van der Waals surface area contributed by atoms with E-state index in [-0.39, 0.29) is 25.3 Å². The maximum absolute atomic E-state index is 11.6. The number of aliphatic carboxylic acids is 1. The van der Waals surface area contributed by atoms with Crippen LogP contribution >= 0.6 is 0 Å². The number of carboxylic acid groups (broad SMARTS) is 1. The average Bonchev–Trinajstić information content (AvgIpc) is 2.44. The molecule has 6 heteroatoms. The summed E-state index contributed by atoms with van der Waals surface area (Å²) in [6.45, 7) is 2.14. The third kappa shape index (κ3) is 4.83. The number of esters is 1. The molecule has 1 aliphatic carbocycles. The van der Waals surface area contributed by atoms with Gasteiger partial charge >= 0.3 is 11.9 Å². The third-order valence-corrected chi connectivity index (χ3v) is 3.75. The van der Waals surface area contributed by atoms with Gasteiger partial charge in [-0.2, -0.15) is 0 Å². The van der Waals surface area contributed by atoms with Gasteiger partial charge < -0.3 is 15.2 Å². The first-order valence-corrected chi connectivity index (χ1v) is 7.16. The SMILES string of the molecule is CCOC(=O)CCC(=O)NCC1(C(=O)O)CCCCC1. The minimum Gasteiger partial charge on any atom is -0.481 e. The molecule has 0 aromatic heterocycles. The number of nitrogens with one attached hydrogen (secondary N) is 1. The van der Waals surface area contributed by atoms with Crippen LogP contribution in [0, 0.1) is 5.41 Å². The Balaban J connectivity index is 2.38. The zero-order valence-electron chi connectivity index (χ0n) is 11.9. The van der Waals surface area contributed by atoms with E-state index >= 15 is 0 Å². The number of amides is 1. The van der Waals surface area contributed by atoms with E-state index in [0.29, 0.717) is 19.4 Å². The van der Waals surface area contributed by atoms with Crippen LogP contribution in [0.15, 0.2) is 0 Å². The minimum absolute atomic E-state index is 0.0275. The maximum atomic E-state index is 11.6. The van der Waals surface area contributed by atoms with Crippen LogP contribution in [0.2, 0.25) is 0 Å². The molecule has 0 heterocycles. The molecule has 0 spiro atoms. The second-order valence-corrected chi connectivity index (χ2v) is 5.23. The quantitative estimate of drug-likeness (QED) is 0.691. The van der Waals surface area contributed by atoms with Gasteiger partial charge in [-0.15, -0.1) is 0 Å².